The van der Waals surface area contributed by atoms with Crippen LogP contribution in [0.4, 0.5) is 11.5 Å². The molecule has 6 rings (SSSR count). The van der Waals surface area contributed by atoms with Crippen molar-refractivity contribution in [1.29, 1.82) is 10.5 Å². The summed E-state index contributed by atoms with van der Waals surface area (Å²) in [6, 6.07) is 17.4. The number of aryl methyl sites for hydroxylation is 1. The molecule has 2 unspecified atom stereocenters. The molecule has 0 radical (unpaired) electrons. The van der Waals surface area contributed by atoms with Crippen molar-refractivity contribution in [3.8, 4) is 18.1 Å². The molecular formula is C34H38N8O2. The van der Waals surface area contributed by atoms with Crippen LogP contribution in [-0.4, -0.2) is 84.1 Å². The predicted octanol–water partition coefficient (Wildman–Crippen LogP) is 3.98. The molecule has 3 aliphatic heterocycles. The summed E-state index contributed by atoms with van der Waals surface area (Å²) < 4.78 is 6.30. The first-order valence-electron chi connectivity index (χ1n) is 15.4. The van der Waals surface area contributed by atoms with Crippen molar-refractivity contribution >= 4 is 28.2 Å². The second-order valence-electron chi connectivity index (χ2n) is 11.9. The smallest absolute Gasteiger partial charge is 0.318 e. The van der Waals surface area contributed by atoms with Crippen molar-refractivity contribution in [2.24, 2.45) is 0 Å². The maximum atomic E-state index is 12.8. The minimum absolute atomic E-state index is 0.196. The molecule has 10 heteroatoms. The van der Waals surface area contributed by atoms with E-state index in [9.17, 15) is 10.1 Å². The second-order valence-corrected chi connectivity index (χ2v) is 11.9. The van der Waals surface area contributed by atoms with Gasteiger partial charge >= 0.3 is 6.01 Å². The average Bonchev–Trinajstić information content (AvgIpc) is 3.46. The molecule has 1 amide bonds. The zero-order valence-electron chi connectivity index (χ0n) is 25.4. The maximum absolute atomic E-state index is 12.8. The van der Waals surface area contributed by atoms with Crippen LogP contribution in [0.25, 0.3) is 10.8 Å². The first-order chi connectivity index (χ1) is 21.5. The topological polar surface area (TPSA) is 113 Å². The number of rotatable bonds is 7. The number of likely N-dealkylation sites (tertiary alicyclic amines) is 1. The van der Waals surface area contributed by atoms with Crippen LogP contribution in [0, 0.1) is 29.6 Å². The van der Waals surface area contributed by atoms with Gasteiger partial charge in [-0.2, -0.15) is 20.5 Å². The predicted molar refractivity (Wildman–Crippen MR) is 169 cm³/mol. The molecule has 4 heterocycles. The third kappa shape index (κ3) is 5.91. The Morgan fingerprint density at radius 3 is 2.68 bits per heavy atom. The van der Waals surface area contributed by atoms with Crippen LogP contribution in [0.5, 0.6) is 6.01 Å². The molecule has 0 saturated carbocycles. The Kier molecular flexibility index (Phi) is 8.63. The fourth-order valence-electron chi connectivity index (χ4n) is 6.87. The van der Waals surface area contributed by atoms with E-state index >= 15 is 0 Å². The zero-order chi connectivity index (χ0) is 30.6. The van der Waals surface area contributed by atoms with Gasteiger partial charge in [0.15, 0.2) is 0 Å². The summed E-state index contributed by atoms with van der Waals surface area (Å²) >= 11 is 0. The van der Waals surface area contributed by atoms with E-state index in [-0.39, 0.29) is 18.4 Å². The lowest BCUT2D eigenvalue weighted by molar-refractivity contribution is -0.128. The Balaban J connectivity index is 1.33. The van der Waals surface area contributed by atoms with Gasteiger partial charge in [-0.15, -0.1) is 0 Å². The first kappa shape index (κ1) is 29.4. The number of benzene rings is 2. The molecular weight excluding hydrogens is 552 g/mol. The Hall–Kier alpha value is -4.67. The van der Waals surface area contributed by atoms with E-state index in [1.54, 1.807) is 4.90 Å². The van der Waals surface area contributed by atoms with Crippen molar-refractivity contribution in [2.75, 3.05) is 56.2 Å². The summed E-state index contributed by atoms with van der Waals surface area (Å²) in [5.41, 5.74) is 4.50. The standard InChI is InChI=1S/C34H38N8O2/c1-24-7-3-8-25-9-4-11-30(32(24)25)40-18-14-28-29(22-40)37-34(44-23-27-10-6-17-39(27)2)38-33(28)41-19-20-42(26(21-41)13-16-36)31(43)12-5-15-35/h3-5,7-9,11-12,26-27H,6,10,13-14,17-23H2,1-2H3/b12-5+. The molecule has 226 valence electrons. The highest BCUT2D eigenvalue weighted by Gasteiger charge is 2.34. The van der Waals surface area contributed by atoms with E-state index < -0.39 is 0 Å². The Bertz CT molecular complexity index is 1650. The third-order valence-electron chi connectivity index (χ3n) is 9.22. The van der Waals surface area contributed by atoms with Gasteiger partial charge in [0, 0.05) is 61.0 Å². The molecule has 0 aliphatic carbocycles. The van der Waals surface area contributed by atoms with Gasteiger partial charge in [0.05, 0.1) is 36.8 Å². The lowest BCUT2D eigenvalue weighted by Gasteiger charge is -2.42. The number of aromatic nitrogens is 2. The number of fused-ring (bicyclic) bond motifs is 2. The molecule has 0 spiro atoms. The summed E-state index contributed by atoms with van der Waals surface area (Å²) in [4.78, 5) is 31.4. The maximum Gasteiger partial charge on any atom is 0.318 e. The van der Waals surface area contributed by atoms with E-state index in [0.717, 1.165) is 49.4 Å². The van der Waals surface area contributed by atoms with E-state index in [1.807, 2.05) is 6.07 Å². The van der Waals surface area contributed by atoms with E-state index in [1.165, 1.54) is 34.2 Å². The third-order valence-corrected chi connectivity index (χ3v) is 9.22. The van der Waals surface area contributed by atoms with Gasteiger partial charge in [-0.05, 0) is 56.8 Å². The van der Waals surface area contributed by atoms with Crippen molar-refractivity contribution in [1.82, 2.24) is 19.8 Å². The normalized spacial score (nSPS) is 20.5. The average molecular weight is 591 g/mol. The molecule has 3 aromatic rings. The lowest BCUT2D eigenvalue weighted by atomic mass is 9.99. The number of nitrogens with zero attached hydrogens (tertiary/aromatic N) is 8. The summed E-state index contributed by atoms with van der Waals surface area (Å²) in [7, 11) is 2.13. The zero-order valence-corrected chi connectivity index (χ0v) is 25.4. The van der Waals surface area contributed by atoms with E-state index in [2.05, 4.69) is 71.1 Å². The van der Waals surface area contributed by atoms with Crippen LogP contribution in [0.1, 0.15) is 36.1 Å². The summed E-state index contributed by atoms with van der Waals surface area (Å²) in [5.74, 6) is 0.586. The van der Waals surface area contributed by atoms with E-state index in [0.29, 0.717) is 44.8 Å². The minimum Gasteiger partial charge on any atom is -0.462 e. The number of piperazine rings is 1. The van der Waals surface area contributed by atoms with Crippen LogP contribution in [0.3, 0.4) is 0 Å². The van der Waals surface area contributed by atoms with Crippen molar-refractivity contribution in [3.05, 3.63) is 65.4 Å². The van der Waals surface area contributed by atoms with Crippen molar-refractivity contribution in [2.45, 2.75) is 51.2 Å². The van der Waals surface area contributed by atoms with Gasteiger partial charge in [-0.1, -0.05) is 30.3 Å². The summed E-state index contributed by atoms with van der Waals surface area (Å²) in [6.45, 7) is 6.69. The Labute approximate surface area is 258 Å². The van der Waals surface area contributed by atoms with Crippen molar-refractivity contribution < 1.29 is 9.53 Å². The number of anilines is 2. The van der Waals surface area contributed by atoms with Gasteiger partial charge in [0.1, 0.15) is 12.4 Å². The second kappa shape index (κ2) is 12.9. The monoisotopic (exact) mass is 590 g/mol. The van der Waals surface area contributed by atoms with Gasteiger partial charge in [-0.25, -0.2) is 0 Å². The first-order valence-corrected chi connectivity index (χ1v) is 15.4. The van der Waals surface area contributed by atoms with Crippen LogP contribution in [0.2, 0.25) is 0 Å². The van der Waals surface area contributed by atoms with Crippen LogP contribution in [-0.2, 0) is 17.8 Å². The number of hydrogen-bond donors (Lipinski definition) is 0. The quantitative estimate of drug-likeness (QED) is 0.298. The Morgan fingerprint density at radius 2 is 1.91 bits per heavy atom. The number of ether oxygens (including phenoxy) is 1. The van der Waals surface area contributed by atoms with Crippen LogP contribution in [0.15, 0.2) is 48.6 Å². The highest BCUT2D eigenvalue weighted by molar-refractivity contribution is 5.97. The van der Waals surface area contributed by atoms with Gasteiger partial charge in [0.25, 0.3) is 0 Å². The largest absolute Gasteiger partial charge is 0.462 e. The number of nitriles is 2. The molecule has 2 atom stereocenters. The highest BCUT2D eigenvalue weighted by atomic mass is 16.5. The SMILES string of the molecule is Cc1cccc2cccc(N3CCc4c(nc(OCC5CCCN5C)nc4N4CCN(C(=O)/C=C/C#N)C(CC#N)C4)C3)c12. The number of carbonyl (C=O) groups excluding carboxylic acids is 1. The lowest BCUT2D eigenvalue weighted by Crippen LogP contribution is -2.55. The molecule has 0 bridgehead atoms. The Morgan fingerprint density at radius 1 is 1.07 bits per heavy atom. The molecule has 10 nitrogen and oxygen atoms in total. The molecule has 44 heavy (non-hydrogen) atoms. The minimum atomic E-state index is -0.314. The molecule has 2 saturated heterocycles. The number of likely N-dealkylation sites (N-methyl/N-ethyl adjacent to an activating group) is 1. The van der Waals surface area contributed by atoms with Gasteiger partial charge in [-0.3, -0.25) is 4.79 Å². The molecule has 1 aromatic heterocycles. The molecule has 0 N–H and O–H groups in total. The van der Waals surface area contributed by atoms with Gasteiger partial charge in [0.2, 0.25) is 5.91 Å². The van der Waals surface area contributed by atoms with Gasteiger partial charge < -0.3 is 24.3 Å². The number of amides is 1. The number of hydrogen-bond acceptors (Lipinski definition) is 9. The molecule has 2 aromatic carbocycles. The van der Waals surface area contributed by atoms with Crippen LogP contribution < -0.4 is 14.5 Å². The molecule has 3 aliphatic rings. The van der Waals surface area contributed by atoms with Crippen LogP contribution >= 0.6 is 0 Å². The number of allylic oxidation sites excluding steroid dienone is 1. The fourth-order valence-corrected chi connectivity index (χ4v) is 6.87. The summed E-state index contributed by atoms with van der Waals surface area (Å²) in [6.07, 6.45) is 5.68. The molecule has 2 fully saturated rings. The van der Waals surface area contributed by atoms with E-state index in [4.69, 9.17) is 20.0 Å². The summed E-state index contributed by atoms with van der Waals surface area (Å²) in [5, 5.41) is 21.0. The fraction of sp³-hybridized carbons (Fsp3) is 0.441. The highest BCUT2D eigenvalue weighted by Crippen LogP contribution is 2.36. The number of carbonyl (C=O) groups is 1. The van der Waals surface area contributed by atoms with Crippen molar-refractivity contribution in [3.63, 3.8) is 0 Å².